The van der Waals surface area contributed by atoms with Crippen LogP contribution in [-0.4, -0.2) is 22.4 Å². The molecule has 2 unspecified atom stereocenters. The van der Waals surface area contributed by atoms with E-state index in [1.165, 1.54) is 55.7 Å². The van der Waals surface area contributed by atoms with Gasteiger partial charge in [-0.05, 0) is 58.4 Å². The molecule has 6 aromatic rings. The molecule has 0 bridgehead atoms. The molecule has 2 aliphatic carbocycles. The summed E-state index contributed by atoms with van der Waals surface area (Å²) < 4.78 is 2.57. The summed E-state index contributed by atoms with van der Waals surface area (Å²) >= 11 is 0. The maximum absolute atomic E-state index is 5.30. The van der Waals surface area contributed by atoms with Gasteiger partial charge in [-0.25, -0.2) is 4.99 Å². The molecule has 0 radical (unpaired) electrons. The molecule has 4 nitrogen and oxygen atoms in total. The quantitative estimate of drug-likeness (QED) is 0.216. The lowest BCUT2D eigenvalue weighted by Crippen LogP contribution is -2.46. The Kier molecular flexibility index (Phi) is 6.38. The van der Waals surface area contributed by atoms with Crippen molar-refractivity contribution in [3.63, 3.8) is 0 Å². The molecule has 0 fully saturated rings. The minimum Gasteiger partial charge on any atom is -0.340 e. The fourth-order valence-corrected chi connectivity index (χ4v) is 8.28. The van der Waals surface area contributed by atoms with Gasteiger partial charge in [-0.15, -0.1) is 0 Å². The SMILES string of the molecule is CN1C(c2ccccc2)=NC(c2ccc(-n3c4c(c5ccc6c(c53)C(C)(C)c3ccccc3-6)C=CCC4)cc2)NC1c1ccccc1. The van der Waals surface area contributed by atoms with Crippen molar-refractivity contribution in [3.05, 3.63) is 166 Å². The molecule has 230 valence electrons. The van der Waals surface area contributed by atoms with E-state index in [1.54, 1.807) is 0 Å². The minimum absolute atomic E-state index is 0.00719. The van der Waals surface area contributed by atoms with E-state index in [9.17, 15) is 0 Å². The zero-order valence-electron chi connectivity index (χ0n) is 27.1. The monoisotopic (exact) mass is 610 g/mol. The van der Waals surface area contributed by atoms with Gasteiger partial charge in [-0.2, -0.15) is 0 Å². The number of amidine groups is 1. The lowest BCUT2D eigenvalue weighted by Gasteiger charge is -2.39. The van der Waals surface area contributed by atoms with Gasteiger partial charge in [0.1, 0.15) is 18.2 Å². The summed E-state index contributed by atoms with van der Waals surface area (Å²) in [4.78, 5) is 7.55. The van der Waals surface area contributed by atoms with Gasteiger partial charge in [0, 0.05) is 40.4 Å². The van der Waals surface area contributed by atoms with E-state index in [0.29, 0.717) is 0 Å². The molecule has 4 heteroatoms. The summed E-state index contributed by atoms with van der Waals surface area (Å²) in [6, 6.07) is 44.0. The van der Waals surface area contributed by atoms with Gasteiger partial charge in [-0.3, -0.25) is 5.32 Å². The number of aromatic nitrogens is 1. The molecule has 2 atom stereocenters. The van der Waals surface area contributed by atoms with Crippen LogP contribution in [0.5, 0.6) is 0 Å². The number of nitrogens with zero attached hydrogens (tertiary/aromatic N) is 3. The van der Waals surface area contributed by atoms with E-state index in [2.05, 4.69) is 169 Å². The second-order valence-corrected chi connectivity index (χ2v) is 13.6. The van der Waals surface area contributed by atoms with Crippen LogP contribution in [-0.2, 0) is 11.8 Å². The highest BCUT2D eigenvalue weighted by molar-refractivity contribution is 6.02. The lowest BCUT2D eigenvalue weighted by atomic mass is 9.81. The first-order valence-electron chi connectivity index (χ1n) is 16.8. The number of aliphatic imine (C=N–C) groups is 1. The normalized spacial score (nSPS) is 19.3. The van der Waals surface area contributed by atoms with Gasteiger partial charge in [0.25, 0.3) is 0 Å². The number of nitrogens with one attached hydrogen (secondary N) is 1. The highest BCUT2D eigenvalue weighted by Gasteiger charge is 2.39. The summed E-state index contributed by atoms with van der Waals surface area (Å²) in [5.74, 6) is 0.988. The van der Waals surface area contributed by atoms with E-state index in [0.717, 1.165) is 29.8 Å². The third-order valence-corrected chi connectivity index (χ3v) is 10.5. The Morgan fingerprint density at radius 2 is 1.47 bits per heavy atom. The fourth-order valence-electron chi connectivity index (χ4n) is 8.28. The zero-order chi connectivity index (χ0) is 31.7. The molecule has 3 aliphatic rings. The summed E-state index contributed by atoms with van der Waals surface area (Å²) in [6.07, 6.45) is 6.58. The van der Waals surface area contributed by atoms with Crippen LogP contribution in [0.3, 0.4) is 0 Å². The maximum Gasteiger partial charge on any atom is 0.134 e. The number of hydrogen-bond donors (Lipinski definition) is 1. The van der Waals surface area contributed by atoms with E-state index < -0.39 is 0 Å². The van der Waals surface area contributed by atoms with E-state index in [-0.39, 0.29) is 17.7 Å². The van der Waals surface area contributed by atoms with Crippen LogP contribution < -0.4 is 5.32 Å². The maximum atomic E-state index is 5.30. The van der Waals surface area contributed by atoms with Crippen molar-refractivity contribution in [1.82, 2.24) is 14.8 Å². The smallest absolute Gasteiger partial charge is 0.134 e. The fraction of sp³-hybridized carbons (Fsp3) is 0.186. The zero-order valence-corrected chi connectivity index (χ0v) is 27.1. The molecule has 47 heavy (non-hydrogen) atoms. The van der Waals surface area contributed by atoms with Crippen LogP contribution in [0.1, 0.15) is 71.7 Å². The molecular weight excluding hydrogens is 573 g/mol. The van der Waals surface area contributed by atoms with Gasteiger partial charge < -0.3 is 9.47 Å². The second kappa shape index (κ2) is 10.7. The molecule has 9 rings (SSSR count). The summed E-state index contributed by atoms with van der Waals surface area (Å²) in [7, 11) is 2.13. The Morgan fingerprint density at radius 3 is 2.26 bits per heavy atom. The van der Waals surface area contributed by atoms with Gasteiger partial charge in [0.15, 0.2) is 0 Å². The van der Waals surface area contributed by atoms with Crippen molar-refractivity contribution >= 4 is 22.8 Å². The Hall–Kier alpha value is -5.19. The highest BCUT2D eigenvalue weighted by atomic mass is 15.4. The van der Waals surface area contributed by atoms with Gasteiger partial charge in [-0.1, -0.05) is 135 Å². The first-order valence-corrected chi connectivity index (χ1v) is 16.8. The third kappa shape index (κ3) is 4.28. The summed E-state index contributed by atoms with van der Waals surface area (Å²) in [6.45, 7) is 4.78. The van der Waals surface area contributed by atoms with Crippen molar-refractivity contribution in [2.75, 3.05) is 7.05 Å². The molecular formula is C43H38N4. The standard InChI is InChI=1S/C43H38N4/c1-43(2)36-20-12-10-18-32(36)34-26-27-35-33-19-11-13-21-37(33)47(39(35)38(34)43)31-24-22-28(23-25-31)40-44-41(29-14-6-4-7-15-29)46(3)42(45-40)30-16-8-5-9-17-30/h4-12,14-20,22-27,40-41,44H,13,21H2,1-3H3. The molecule has 0 saturated heterocycles. The first kappa shape index (κ1) is 28.1. The van der Waals surface area contributed by atoms with E-state index >= 15 is 0 Å². The average Bonchev–Trinajstić information content (AvgIpc) is 3.58. The third-order valence-electron chi connectivity index (χ3n) is 10.5. The van der Waals surface area contributed by atoms with Crippen LogP contribution in [0.15, 0.2) is 132 Å². The lowest BCUT2D eigenvalue weighted by molar-refractivity contribution is 0.257. The number of hydrogen-bond acceptors (Lipinski definition) is 3. The van der Waals surface area contributed by atoms with Crippen molar-refractivity contribution in [3.8, 4) is 16.8 Å². The number of fused-ring (bicyclic) bond motifs is 7. The molecule has 0 saturated carbocycles. The Balaban J connectivity index is 1.18. The molecule has 2 heterocycles. The molecule has 0 spiro atoms. The Labute approximate surface area is 276 Å². The van der Waals surface area contributed by atoms with Crippen molar-refractivity contribution in [2.24, 2.45) is 4.99 Å². The van der Waals surface area contributed by atoms with E-state index in [4.69, 9.17) is 4.99 Å². The van der Waals surface area contributed by atoms with Crippen LogP contribution in [0, 0.1) is 0 Å². The highest BCUT2D eigenvalue weighted by Crippen LogP contribution is 2.53. The van der Waals surface area contributed by atoms with Crippen molar-refractivity contribution in [2.45, 2.75) is 44.4 Å². The number of allylic oxidation sites excluding steroid dienone is 1. The van der Waals surface area contributed by atoms with Crippen LogP contribution >= 0.6 is 0 Å². The predicted octanol–water partition coefficient (Wildman–Crippen LogP) is 9.58. The van der Waals surface area contributed by atoms with Crippen LogP contribution in [0.2, 0.25) is 0 Å². The molecule has 1 N–H and O–H groups in total. The summed E-state index contributed by atoms with van der Waals surface area (Å²) in [5, 5.41) is 5.19. The number of rotatable bonds is 4. The topological polar surface area (TPSA) is 32.6 Å². The Bertz CT molecular complexity index is 2200. The molecule has 0 amide bonds. The molecule has 1 aliphatic heterocycles. The largest absolute Gasteiger partial charge is 0.340 e. The van der Waals surface area contributed by atoms with Gasteiger partial charge >= 0.3 is 0 Å². The second-order valence-electron chi connectivity index (χ2n) is 13.6. The van der Waals surface area contributed by atoms with Crippen molar-refractivity contribution < 1.29 is 0 Å². The summed E-state index contributed by atoms with van der Waals surface area (Å²) in [5.41, 5.74) is 14.3. The molecule has 1 aromatic heterocycles. The molecule has 5 aromatic carbocycles. The predicted molar refractivity (Wildman–Crippen MR) is 194 cm³/mol. The van der Waals surface area contributed by atoms with Crippen molar-refractivity contribution in [1.29, 1.82) is 0 Å². The minimum atomic E-state index is -0.184. The van der Waals surface area contributed by atoms with Gasteiger partial charge in [0.05, 0.1) is 5.52 Å². The van der Waals surface area contributed by atoms with Crippen LogP contribution in [0.4, 0.5) is 0 Å². The number of benzene rings is 5. The first-order chi connectivity index (χ1) is 23.0. The van der Waals surface area contributed by atoms with Crippen LogP contribution in [0.25, 0.3) is 33.8 Å². The van der Waals surface area contributed by atoms with E-state index in [1.807, 2.05) is 0 Å². The Morgan fingerprint density at radius 1 is 0.745 bits per heavy atom. The average molecular weight is 611 g/mol. The van der Waals surface area contributed by atoms with Gasteiger partial charge in [0.2, 0.25) is 0 Å².